The number of hydrogen-bond donors (Lipinski definition) is 1. The van der Waals surface area contributed by atoms with Gasteiger partial charge >= 0.3 is 6.09 Å². The highest BCUT2D eigenvalue weighted by Gasteiger charge is 2.30. The van der Waals surface area contributed by atoms with E-state index in [1.807, 2.05) is 27.7 Å². The number of hydrogen-bond acceptors (Lipinski definition) is 5. The van der Waals surface area contributed by atoms with Crippen molar-refractivity contribution in [2.75, 3.05) is 26.2 Å². The Balaban J connectivity index is 1.63. The van der Waals surface area contributed by atoms with Crippen molar-refractivity contribution in [2.24, 2.45) is 0 Å². The summed E-state index contributed by atoms with van der Waals surface area (Å²) in [6, 6.07) is 7.81. The zero-order valence-corrected chi connectivity index (χ0v) is 19.3. The van der Waals surface area contributed by atoms with Gasteiger partial charge in [0.05, 0.1) is 16.6 Å². The fourth-order valence-corrected chi connectivity index (χ4v) is 3.90. The van der Waals surface area contributed by atoms with E-state index >= 15 is 0 Å². The number of carbonyl (C=O) groups excluding carboxylic acids is 2. The lowest BCUT2D eigenvalue weighted by Gasteiger charge is -2.35. The Morgan fingerprint density at radius 2 is 1.82 bits per heavy atom. The maximum atomic E-state index is 13.8. The predicted octanol–water partition coefficient (Wildman–Crippen LogP) is 4.02. The number of rotatable bonds is 3. The van der Waals surface area contributed by atoms with Crippen LogP contribution in [0.2, 0.25) is 0 Å². The van der Waals surface area contributed by atoms with Crippen molar-refractivity contribution >= 4 is 23.0 Å². The minimum absolute atomic E-state index is 0.167. The number of ether oxygens (including phenoxy) is 1. The minimum atomic E-state index is -0.572. The summed E-state index contributed by atoms with van der Waals surface area (Å²) in [4.78, 5) is 33.8. The van der Waals surface area contributed by atoms with Gasteiger partial charge in [0.15, 0.2) is 5.65 Å². The fraction of sp³-hybridized carbons (Fsp3) is 0.417. The van der Waals surface area contributed by atoms with Crippen molar-refractivity contribution in [1.29, 1.82) is 0 Å². The molecule has 2 amide bonds. The first-order valence-corrected chi connectivity index (χ1v) is 11.1. The summed E-state index contributed by atoms with van der Waals surface area (Å²) >= 11 is 0. The molecule has 1 saturated heterocycles. The van der Waals surface area contributed by atoms with E-state index in [2.05, 4.69) is 15.2 Å². The van der Waals surface area contributed by atoms with Gasteiger partial charge in [-0.1, -0.05) is 19.1 Å². The molecule has 4 rings (SSSR count). The topological polar surface area (TPSA) is 91.4 Å². The maximum Gasteiger partial charge on any atom is 0.410 e. The molecule has 0 bridgehead atoms. The van der Waals surface area contributed by atoms with E-state index in [-0.39, 0.29) is 17.8 Å². The monoisotopic (exact) mass is 453 g/mol. The molecule has 1 aliphatic rings. The third-order valence-corrected chi connectivity index (χ3v) is 5.52. The number of benzene rings is 1. The Bertz CT molecular complexity index is 1190. The lowest BCUT2D eigenvalue weighted by molar-refractivity contribution is 0.0141. The molecule has 0 saturated carbocycles. The van der Waals surface area contributed by atoms with E-state index in [0.29, 0.717) is 60.5 Å². The highest BCUT2D eigenvalue weighted by atomic mass is 19.1. The number of halogens is 1. The molecule has 0 atom stereocenters. The highest BCUT2D eigenvalue weighted by Crippen LogP contribution is 2.28. The number of carbonyl (C=O) groups is 2. The van der Waals surface area contributed by atoms with Gasteiger partial charge in [0.25, 0.3) is 5.91 Å². The molecule has 2 aromatic heterocycles. The van der Waals surface area contributed by atoms with Crippen molar-refractivity contribution in [2.45, 2.75) is 39.7 Å². The van der Waals surface area contributed by atoms with Gasteiger partial charge in [-0.05, 0) is 45.4 Å². The Labute approximate surface area is 191 Å². The minimum Gasteiger partial charge on any atom is -0.444 e. The molecular weight excluding hydrogens is 425 g/mol. The molecule has 0 spiro atoms. The number of fused-ring (bicyclic) bond motifs is 1. The van der Waals surface area contributed by atoms with Crippen molar-refractivity contribution in [1.82, 2.24) is 25.0 Å². The SMILES string of the molecule is CCc1[nH]nc2nc(-c3cccc(F)c3)cc(C(=O)N3CCN(C(=O)OC(C)(C)C)CC3)c12. The van der Waals surface area contributed by atoms with E-state index < -0.39 is 5.60 Å². The van der Waals surface area contributed by atoms with Crippen molar-refractivity contribution in [3.63, 3.8) is 0 Å². The number of pyridine rings is 1. The molecule has 8 nitrogen and oxygen atoms in total. The number of amides is 2. The number of nitrogens with zero attached hydrogens (tertiary/aromatic N) is 4. The molecule has 174 valence electrons. The first kappa shape index (κ1) is 22.7. The highest BCUT2D eigenvalue weighted by molar-refractivity contribution is 6.07. The second-order valence-electron chi connectivity index (χ2n) is 9.08. The molecule has 3 heterocycles. The van der Waals surface area contributed by atoms with Crippen LogP contribution in [0, 0.1) is 5.82 Å². The van der Waals surface area contributed by atoms with Crippen LogP contribution >= 0.6 is 0 Å². The number of aromatic nitrogens is 3. The van der Waals surface area contributed by atoms with Crippen molar-refractivity contribution < 1.29 is 18.7 Å². The van der Waals surface area contributed by atoms with Gasteiger partial charge in [0.2, 0.25) is 0 Å². The number of aromatic amines is 1. The van der Waals surface area contributed by atoms with E-state index in [4.69, 9.17) is 4.74 Å². The third kappa shape index (κ3) is 4.81. The van der Waals surface area contributed by atoms with Crippen LogP contribution in [-0.4, -0.2) is 68.8 Å². The van der Waals surface area contributed by atoms with Crippen LogP contribution in [-0.2, 0) is 11.2 Å². The van der Waals surface area contributed by atoms with Crippen molar-refractivity contribution in [3.05, 3.63) is 47.4 Å². The van der Waals surface area contributed by atoms with Crippen LogP contribution < -0.4 is 0 Å². The second-order valence-corrected chi connectivity index (χ2v) is 9.08. The number of nitrogens with one attached hydrogen (secondary N) is 1. The quantitative estimate of drug-likeness (QED) is 0.647. The van der Waals surface area contributed by atoms with Crippen LogP contribution in [0.15, 0.2) is 30.3 Å². The third-order valence-electron chi connectivity index (χ3n) is 5.52. The van der Waals surface area contributed by atoms with Gasteiger partial charge in [-0.2, -0.15) is 5.10 Å². The first-order valence-electron chi connectivity index (χ1n) is 11.1. The zero-order chi connectivity index (χ0) is 23.8. The first-order chi connectivity index (χ1) is 15.7. The van der Waals surface area contributed by atoms with Gasteiger partial charge in [-0.15, -0.1) is 0 Å². The normalized spacial score (nSPS) is 14.6. The van der Waals surface area contributed by atoms with E-state index in [9.17, 15) is 14.0 Å². The average molecular weight is 454 g/mol. The summed E-state index contributed by atoms with van der Waals surface area (Å²) in [6.07, 6.45) is 0.280. The summed E-state index contributed by atoms with van der Waals surface area (Å²) in [6.45, 7) is 8.99. The van der Waals surface area contributed by atoms with Crippen LogP contribution in [0.3, 0.4) is 0 Å². The fourth-order valence-electron chi connectivity index (χ4n) is 3.90. The summed E-state index contributed by atoms with van der Waals surface area (Å²) < 4.78 is 19.3. The van der Waals surface area contributed by atoms with Gasteiger partial charge < -0.3 is 14.5 Å². The second kappa shape index (κ2) is 8.80. The Morgan fingerprint density at radius 3 is 2.45 bits per heavy atom. The summed E-state index contributed by atoms with van der Waals surface area (Å²) in [7, 11) is 0. The lowest BCUT2D eigenvalue weighted by Crippen LogP contribution is -2.51. The average Bonchev–Trinajstić information content (AvgIpc) is 3.20. The Morgan fingerprint density at radius 1 is 1.12 bits per heavy atom. The Kier molecular flexibility index (Phi) is 6.05. The van der Waals surface area contributed by atoms with E-state index in [1.165, 1.54) is 12.1 Å². The lowest BCUT2D eigenvalue weighted by atomic mass is 10.0. The molecule has 1 N–H and O–H groups in total. The largest absolute Gasteiger partial charge is 0.444 e. The van der Waals surface area contributed by atoms with Gasteiger partial charge in [0.1, 0.15) is 11.4 Å². The molecule has 9 heteroatoms. The molecule has 33 heavy (non-hydrogen) atoms. The molecule has 1 fully saturated rings. The molecule has 3 aromatic rings. The van der Waals surface area contributed by atoms with Crippen LogP contribution in [0.1, 0.15) is 43.7 Å². The maximum absolute atomic E-state index is 13.8. The number of H-pyrrole nitrogens is 1. The smallest absolute Gasteiger partial charge is 0.410 e. The van der Waals surface area contributed by atoms with Gasteiger partial charge in [-0.3, -0.25) is 9.89 Å². The molecule has 0 radical (unpaired) electrons. The van der Waals surface area contributed by atoms with E-state index in [0.717, 1.165) is 5.69 Å². The zero-order valence-electron chi connectivity index (χ0n) is 19.3. The van der Waals surface area contributed by atoms with Crippen molar-refractivity contribution in [3.8, 4) is 11.3 Å². The standard InChI is InChI=1S/C24H28FN5O3/c1-5-18-20-17(14-19(26-21(20)28-27-18)15-7-6-8-16(25)13-15)22(31)29-9-11-30(12-10-29)23(32)33-24(2,3)4/h6-8,13-14H,5,9-12H2,1-4H3,(H,26,27,28). The Hall–Kier alpha value is -3.49. The predicted molar refractivity (Wildman–Crippen MR) is 122 cm³/mol. The van der Waals surface area contributed by atoms with Gasteiger partial charge in [-0.25, -0.2) is 14.2 Å². The van der Waals surface area contributed by atoms with E-state index in [1.54, 1.807) is 28.0 Å². The molecule has 1 aliphatic heterocycles. The molecule has 0 aliphatic carbocycles. The summed E-state index contributed by atoms with van der Waals surface area (Å²) in [5.74, 6) is -0.545. The van der Waals surface area contributed by atoms with Gasteiger partial charge in [0, 0.05) is 37.4 Å². The number of aryl methyl sites for hydroxylation is 1. The molecular formula is C24H28FN5O3. The van der Waals surface area contributed by atoms with Crippen LogP contribution in [0.25, 0.3) is 22.3 Å². The molecule has 1 aromatic carbocycles. The summed E-state index contributed by atoms with van der Waals surface area (Å²) in [5.41, 5.74) is 2.19. The van der Waals surface area contributed by atoms with Crippen LogP contribution in [0.4, 0.5) is 9.18 Å². The molecule has 0 unspecified atom stereocenters. The number of piperazine rings is 1. The summed E-state index contributed by atoms with van der Waals surface area (Å²) in [5, 5.41) is 7.93. The van der Waals surface area contributed by atoms with Crippen LogP contribution in [0.5, 0.6) is 0 Å².